The minimum atomic E-state index is -3.83. The molecule has 0 saturated heterocycles. The van der Waals surface area contributed by atoms with Crippen molar-refractivity contribution in [3.8, 4) is 5.75 Å². The zero-order chi connectivity index (χ0) is 29.3. The van der Waals surface area contributed by atoms with Gasteiger partial charge in [0, 0.05) is 19.0 Å². The van der Waals surface area contributed by atoms with E-state index in [2.05, 4.69) is 5.32 Å². The molecule has 3 aromatic carbocycles. The molecule has 0 radical (unpaired) electrons. The highest BCUT2D eigenvalue weighted by Crippen LogP contribution is 2.23. The lowest BCUT2D eigenvalue weighted by Gasteiger charge is -2.34. The number of nitrogens with one attached hydrogen (secondary N) is 1. The second kappa shape index (κ2) is 14.0. The Morgan fingerprint density at radius 3 is 2.17 bits per heavy atom. The van der Waals surface area contributed by atoms with Crippen molar-refractivity contribution in [2.24, 2.45) is 0 Å². The van der Waals surface area contributed by atoms with Gasteiger partial charge < -0.3 is 15.0 Å². The van der Waals surface area contributed by atoms with Crippen molar-refractivity contribution in [1.82, 2.24) is 10.2 Å². The van der Waals surface area contributed by atoms with Crippen LogP contribution in [0.4, 0.5) is 5.69 Å². The first kappa shape index (κ1) is 30.7. The third-order valence-electron chi connectivity index (χ3n) is 6.75. The molecule has 3 aromatic rings. The molecule has 0 aromatic heterocycles. The summed E-state index contributed by atoms with van der Waals surface area (Å²) in [4.78, 5) is 29.3. The molecule has 0 aliphatic carbocycles. The molecule has 2 atom stereocenters. The Morgan fingerprint density at radius 1 is 0.950 bits per heavy atom. The topological polar surface area (TPSA) is 96.0 Å². The largest absolute Gasteiger partial charge is 0.497 e. The number of amides is 2. The van der Waals surface area contributed by atoms with Gasteiger partial charge in [-0.3, -0.25) is 13.9 Å². The lowest BCUT2D eigenvalue weighted by atomic mass is 10.0. The second-order valence-electron chi connectivity index (χ2n) is 10.0. The molecule has 2 amide bonds. The van der Waals surface area contributed by atoms with E-state index >= 15 is 0 Å². The van der Waals surface area contributed by atoms with Gasteiger partial charge >= 0.3 is 0 Å². The molecule has 0 bridgehead atoms. The maximum absolute atomic E-state index is 14.1. The average Bonchev–Trinajstić information content (AvgIpc) is 2.93. The molecule has 0 heterocycles. The van der Waals surface area contributed by atoms with Crippen LogP contribution in [0, 0.1) is 6.92 Å². The third kappa shape index (κ3) is 8.58. The molecule has 0 spiro atoms. The molecule has 0 fully saturated rings. The van der Waals surface area contributed by atoms with E-state index in [1.807, 2.05) is 75.4 Å². The van der Waals surface area contributed by atoms with E-state index in [4.69, 9.17) is 4.74 Å². The Kier molecular flexibility index (Phi) is 10.7. The van der Waals surface area contributed by atoms with Crippen LogP contribution in [0.5, 0.6) is 5.75 Å². The first-order chi connectivity index (χ1) is 19.0. The van der Waals surface area contributed by atoms with Crippen LogP contribution in [0.1, 0.15) is 37.0 Å². The van der Waals surface area contributed by atoms with E-state index in [1.54, 1.807) is 24.3 Å². The van der Waals surface area contributed by atoms with E-state index in [0.29, 0.717) is 11.4 Å². The molecular weight excluding hydrogens is 526 g/mol. The van der Waals surface area contributed by atoms with Crippen LogP contribution in [0.15, 0.2) is 78.9 Å². The molecule has 214 valence electrons. The summed E-state index contributed by atoms with van der Waals surface area (Å²) in [6.07, 6.45) is 2.07. The first-order valence-electron chi connectivity index (χ1n) is 13.3. The number of hydrogen-bond donors (Lipinski definition) is 1. The van der Waals surface area contributed by atoms with Gasteiger partial charge in [-0.05, 0) is 55.7 Å². The minimum Gasteiger partial charge on any atom is -0.497 e. The molecule has 2 unspecified atom stereocenters. The van der Waals surface area contributed by atoms with E-state index in [0.717, 1.165) is 33.7 Å². The van der Waals surface area contributed by atoms with Crippen molar-refractivity contribution in [1.29, 1.82) is 0 Å². The fourth-order valence-corrected chi connectivity index (χ4v) is 5.21. The van der Waals surface area contributed by atoms with Gasteiger partial charge in [0.25, 0.3) is 0 Å². The minimum absolute atomic E-state index is 0.0893. The monoisotopic (exact) mass is 565 g/mol. The van der Waals surface area contributed by atoms with Crippen molar-refractivity contribution in [3.63, 3.8) is 0 Å². The zero-order valence-corrected chi connectivity index (χ0v) is 24.6. The van der Waals surface area contributed by atoms with Crippen LogP contribution in [-0.2, 0) is 32.6 Å². The number of hydrogen-bond acceptors (Lipinski definition) is 5. The number of aryl methyl sites for hydroxylation is 1. The first-order valence-corrected chi connectivity index (χ1v) is 15.2. The van der Waals surface area contributed by atoms with Crippen molar-refractivity contribution in [2.45, 2.75) is 52.2 Å². The Morgan fingerprint density at radius 2 is 1.60 bits per heavy atom. The van der Waals surface area contributed by atoms with Gasteiger partial charge in [-0.2, -0.15) is 0 Å². The Labute approximate surface area is 238 Å². The van der Waals surface area contributed by atoms with Crippen LogP contribution in [0.3, 0.4) is 0 Å². The summed E-state index contributed by atoms with van der Waals surface area (Å²) in [5.74, 6) is -0.202. The van der Waals surface area contributed by atoms with E-state index in [-0.39, 0.29) is 24.9 Å². The van der Waals surface area contributed by atoms with Crippen LogP contribution in [0.25, 0.3) is 0 Å². The number of benzene rings is 3. The Balaban J connectivity index is 2.05. The van der Waals surface area contributed by atoms with Crippen LogP contribution < -0.4 is 14.4 Å². The van der Waals surface area contributed by atoms with Gasteiger partial charge in [0.2, 0.25) is 21.8 Å². The maximum atomic E-state index is 14.1. The quantitative estimate of drug-likeness (QED) is 0.333. The summed E-state index contributed by atoms with van der Waals surface area (Å²) in [5.41, 5.74) is 3.09. The summed E-state index contributed by atoms with van der Waals surface area (Å²) in [6, 6.07) is 22.7. The fourth-order valence-electron chi connectivity index (χ4n) is 4.36. The fraction of sp³-hybridized carbons (Fsp3) is 0.355. The van der Waals surface area contributed by atoms with Crippen molar-refractivity contribution < 1.29 is 22.7 Å². The van der Waals surface area contributed by atoms with Crippen molar-refractivity contribution in [3.05, 3.63) is 95.6 Å². The summed E-state index contributed by atoms with van der Waals surface area (Å²) in [5, 5.41) is 3.03. The van der Waals surface area contributed by atoms with Gasteiger partial charge in [0.15, 0.2) is 0 Å². The number of nitrogens with zero attached hydrogens (tertiary/aromatic N) is 2. The van der Waals surface area contributed by atoms with Gasteiger partial charge in [-0.15, -0.1) is 0 Å². The molecule has 3 rings (SSSR count). The SMILES string of the molecule is CCC(C)NC(=O)C(Cc1ccccc1)N(Cc1cccc(C)c1)C(=O)CN(c1ccc(OC)cc1)S(C)(=O)=O. The molecule has 0 saturated carbocycles. The summed E-state index contributed by atoms with van der Waals surface area (Å²) >= 11 is 0. The molecule has 8 nitrogen and oxygen atoms in total. The van der Waals surface area contributed by atoms with Crippen molar-refractivity contribution >= 4 is 27.5 Å². The highest BCUT2D eigenvalue weighted by molar-refractivity contribution is 7.92. The predicted octanol–water partition coefficient (Wildman–Crippen LogP) is 4.32. The molecule has 0 aliphatic rings. The number of carbonyl (C=O) groups excluding carboxylic acids is 2. The Hall–Kier alpha value is -3.85. The Bertz CT molecular complexity index is 1380. The number of carbonyl (C=O) groups is 2. The van der Waals surface area contributed by atoms with Crippen LogP contribution >= 0.6 is 0 Å². The van der Waals surface area contributed by atoms with Gasteiger partial charge in [-0.1, -0.05) is 67.1 Å². The summed E-state index contributed by atoms with van der Waals surface area (Å²) in [6.45, 7) is 5.54. The predicted molar refractivity (Wildman–Crippen MR) is 159 cm³/mol. The lowest BCUT2D eigenvalue weighted by Crippen LogP contribution is -2.54. The average molecular weight is 566 g/mol. The van der Waals surface area contributed by atoms with Crippen LogP contribution in [-0.4, -0.2) is 57.1 Å². The zero-order valence-electron chi connectivity index (χ0n) is 23.8. The van der Waals surface area contributed by atoms with Crippen molar-refractivity contribution in [2.75, 3.05) is 24.2 Å². The number of sulfonamides is 1. The number of anilines is 1. The van der Waals surface area contributed by atoms with Gasteiger partial charge in [0.1, 0.15) is 18.3 Å². The molecule has 9 heteroatoms. The molecule has 0 aliphatic heterocycles. The van der Waals surface area contributed by atoms with E-state index in [9.17, 15) is 18.0 Å². The highest BCUT2D eigenvalue weighted by atomic mass is 32.2. The van der Waals surface area contributed by atoms with E-state index < -0.39 is 28.5 Å². The molecule has 1 N–H and O–H groups in total. The molecular formula is C31H39N3O5S. The lowest BCUT2D eigenvalue weighted by molar-refractivity contribution is -0.140. The summed E-state index contributed by atoms with van der Waals surface area (Å²) in [7, 11) is -2.31. The van der Waals surface area contributed by atoms with Crippen LogP contribution in [0.2, 0.25) is 0 Å². The van der Waals surface area contributed by atoms with Gasteiger partial charge in [0.05, 0.1) is 19.1 Å². The standard InChI is InChI=1S/C31H39N3O5S/c1-6-24(3)32-31(36)29(20-25-12-8-7-9-13-25)33(21-26-14-10-11-23(2)19-26)30(35)22-34(40(5,37)38)27-15-17-28(39-4)18-16-27/h7-19,24,29H,6,20-22H2,1-5H3,(H,32,36). The highest BCUT2D eigenvalue weighted by Gasteiger charge is 2.33. The second-order valence-corrected chi connectivity index (χ2v) is 11.9. The number of methoxy groups -OCH3 is 1. The summed E-state index contributed by atoms with van der Waals surface area (Å²) < 4.78 is 32.0. The smallest absolute Gasteiger partial charge is 0.244 e. The molecule has 40 heavy (non-hydrogen) atoms. The maximum Gasteiger partial charge on any atom is 0.244 e. The third-order valence-corrected chi connectivity index (χ3v) is 7.89. The number of rotatable bonds is 13. The van der Waals surface area contributed by atoms with E-state index in [1.165, 1.54) is 12.0 Å². The number of ether oxygens (including phenoxy) is 1. The normalized spacial score (nSPS) is 12.7. The van der Waals surface area contributed by atoms with Gasteiger partial charge in [-0.25, -0.2) is 8.42 Å².